The first-order chi connectivity index (χ1) is 5.20. The molecule has 3 heteroatoms. The van der Waals surface area contributed by atoms with Crippen molar-refractivity contribution in [2.24, 2.45) is 5.92 Å². The van der Waals surface area contributed by atoms with E-state index in [-0.39, 0.29) is 24.9 Å². The van der Waals surface area contributed by atoms with E-state index in [4.69, 9.17) is 14.6 Å². The Morgan fingerprint density at radius 2 is 2.09 bits per heavy atom. The van der Waals surface area contributed by atoms with Gasteiger partial charge in [-0.15, -0.1) is 0 Å². The normalized spacial score (nSPS) is 44.7. The number of rotatable bonds is 2. The van der Waals surface area contributed by atoms with Crippen LogP contribution >= 0.6 is 0 Å². The number of methoxy groups -OCH3 is 1. The molecule has 0 aliphatic carbocycles. The van der Waals surface area contributed by atoms with Gasteiger partial charge in [0.15, 0.2) is 0 Å². The second-order valence-electron chi connectivity index (χ2n) is 3.12. The third-order valence-electron chi connectivity index (χ3n) is 2.47. The Hall–Kier alpha value is -0.120. The van der Waals surface area contributed by atoms with Gasteiger partial charge in [0.1, 0.15) is 6.10 Å². The van der Waals surface area contributed by atoms with E-state index in [1.807, 2.05) is 6.92 Å². The van der Waals surface area contributed by atoms with Crippen LogP contribution in [-0.2, 0) is 9.47 Å². The summed E-state index contributed by atoms with van der Waals surface area (Å²) in [5.41, 5.74) is 0. The van der Waals surface area contributed by atoms with Crippen LogP contribution in [0.15, 0.2) is 0 Å². The van der Waals surface area contributed by atoms with Gasteiger partial charge in [-0.2, -0.15) is 0 Å². The van der Waals surface area contributed by atoms with Crippen molar-refractivity contribution in [3.05, 3.63) is 0 Å². The smallest absolute Gasteiger partial charge is 0.107 e. The van der Waals surface area contributed by atoms with Gasteiger partial charge in [0.2, 0.25) is 0 Å². The fraction of sp³-hybridized carbons (Fsp3) is 1.00. The minimum Gasteiger partial charge on any atom is -0.394 e. The predicted octanol–water partition coefficient (Wildman–Crippen LogP) is 0.417. The summed E-state index contributed by atoms with van der Waals surface area (Å²) in [7, 11) is 1.66. The van der Waals surface area contributed by atoms with E-state index in [0.717, 1.165) is 0 Å². The van der Waals surface area contributed by atoms with Gasteiger partial charge in [0, 0.05) is 13.0 Å². The van der Waals surface area contributed by atoms with Crippen molar-refractivity contribution in [3.8, 4) is 0 Å². The second kappa shape index (κ2) is 3.52. The van der Waals surface area contributed by atoms with Gasteiger partial charge in [-0.05, 0) is 6.92 Å². The highest BCUT2D eigenvalue weighted by Crippen LogP contribution is 2.27. The molecule has 0 aromatic rings. The summed E-state index contributed by atoms with van der Waals surface area (Å²) >= 11 is 0. The number of hydrogen-bond acceptors (Lipinski definition) is 3. The molecule has 0 bridgehead atoms. The molecule has 1 fully saturated rings. The predicted molar refractivity (Wildman–Crippen MR) is 41.4 cm³/mol. The molecule has 1 heterocycles. The molecule has 0 aromatic heterocycles. The molecule has 0 spiro atoms. The topological polar surface area (TPSA) is 38.7 Å². The first kappa shape index (κ1) is 8.97. The van der Waals surface area contributed by atoms with Crippen LogP contribution in [0.3, 0.4) is 0 Å². The molecule has 11 heavy (non-hydrogen) atoms. The Labute approximate surface area is 67.3 Å². The van der Waals surface area contributed by atoms with Crippen molar-refractivity contribution in [2.75, 3.05) is 13.7 Å². The Bertz CT molecular complexity index is 127. The summed E-state index contributed by atoms with van der Waals surface area (Å²) in [4.78, 5) is 0. The van der Waals surface area contributed by atoms with Crippen LogP contribution in [0.5, 0.6) is 0 Å². The number of aliphatic hydroxyl groups is 1. The Kier molecular flexibility index (Phi) is 2.87. The minimum atomic E-state index is -0.134. The van der Waals surface area contributed by atoms with Crippen molar-refractivity contribution in [1.29, 1.82) is 0 Å². The van der Waals surface area contributed by atoms with Crippen molar-refractivity contribution in [2.45, 2.75) is 32.2 Å². The van der Waals surface area contributed by atoms with Gasteiger partial charge < -0.3 is 14.6 Å². The van der Waals surface area contributed by atoms with Crippen LogP contribution in [0.2, 0.25) is 0 Å². The number of ether oxygens (including phenoxy) is 2. The molecule has 4 unspecified atom stereocenters. The van der Waals surface area contributed by atoms with Gasteiger partial charge in [-0.25, -0.2) is 0 Å². The molecule has 66 valence electrons. The molecule has 1 saturated heterocycles. The lowest BCUT2D eigenvalue weighted by Crippen LogP contribution is -2.30. The first-order valence-corrected chi connectivity index (χ1v) is 3.99. The van der Waals surface area contributed by atoms with Crippen LogP contribution < -0.4 is 0 Å². The van der Waals surface area contributed by atoms with Gasteiger partial charge in [-0.3, -0.25) is 0 Å². The summed E-state index contributed by atoms with van der Waals surface area (Å²) in [6.07, 6.45) is 0.108. The average molecular weight is 160 g/mol. The third-order valence-corrected chi connectivity index (χ3v) is 2.47. The summed E-state index contributed by atoms with van der Waals surface area (Å²) in [6, 6.07) is 0. The van der Waals surface area contributed by atoms with Crippen LogP contribution in [-0.4, -0.2) is 37.1 Å². The fourth-order valence-electron chi connectivity index (χ4n) is 1.60. The maximum absolute atomic E-state index is 8.90. The van der Waals surface area contributed by atoms with Gasteiger partial charge in [0.05, 0.1) is 18.8 Å². The highest BCUT2D eigenvalue weighted by atomic mass is 16.6. The largest absolute Gasteiger partial charge is 0.394 e. The quantitative estimate of drug-likeness (QED) is 0.636. The van der Waals surface area contributed by atoms with Crippen molar-refractivity contribution in [1.82, 2.24) is 0 Å². The molecule has 3 nitrogen and oxygen atoms in total. The second-order valence-corrected chi connectivity index (χ2v) is 3.12. The molecule has 0 aromatic carbocycles. The van der Waals surface area contributed by atoms with Gasteiger partial charge in [0.25, 0.3) is 0 Å². The molecule has 0 amide bonds. The molecule has 4 atom stereocenters. The van der Waals surface area contributed by atoms with E-state index in [1.165, 1.54) is 0 Å². The lowest BCUT2D eigenvalue weighted by atomic mass is 9.99. The summed E-state index contributed by atoms with van der Waals surface area (Å²) < 4.78 is 10.7. The Morgan fingerprint density at radius 3 is 2.45 bits per heavy atom. The lowest BCUT2D eigenvalue weighted by Gasteiger charge is -2.16. The maximum atomic E-state index is 8.90. The monoisotopic (exact) mass is 160 g/mol. The zero-order valence-corrected chi connectivity index (χ0v) is 7.28. The van der Waals surface area contributed by atoms with Crippen molar-refractivity contribution < 1.29 is 14.6 Å². The molecular weight excluding hydrogens is 144 g/mol. The van der Waals surface area contributed by atoms with Crippen LogP contribution in [0, 0.1) is 5.92 Å². The number of aliphatic hydroxyl groups excluding tert-OH is 1. The van der Waals surface area contributed by atoms with Crippen molar-refractivity contribution in [3.63, 3.8) is 0 Å². The Morgan fingerprint density at radius 1 is 1.45 bits per heavy atom. The van der Waals surface area contributed by atoms with Gasteiger partial charge in [-0.1, -0.05) is 6.92 Å². The first-order valence-electron chi connectivity index (χ1n) is 3.99. The summed E-state index contributed by atoms with van der Waals surface area (Å²) in [5.74, 6) is 0.372. The summed E-state index contributed by atoms with van der Waals surface area (Å²) in [6.45, 7) is 4.13. The van der Waals surface area contributed by atoms with Crippen LogP contribution in [0.1, 0.15) is 13.8 Å². The lowest BCUT2D eigenvalue weighted by molar-refractivity contribution is -0.0309. The van der Waals surface area contributed by atoms with E-state index in [9.17, 15) is 0 Å². The van der Waals surface area contributed by atoms with Crippen LogP contribution in [0.25, 0.3) is 0 Å². The van der Waals surface area contributed by atoms with Crippen LogP contribution in [0.4, 0.5) is 0 Å². The zero-order valence-electron chi connectivity index (χ0n) is 7.28. The standard InChI is InChI=1S/C8H16O3/c1-5-6(2)11-7(4-9)8(5)10-3/h5-9H,4H2,1-3H3. The molecular formula is C8H16O3. The van der Waals surface area contributed by atoms with E-state index < -0.39 is 0 Å². The highest BCUT2D eigenvalue weighted by Gasteiger charge is 2.39. The van der Waals surface area contributed by atoms with E-state index in [0.29, 0.717) is 5.92 Å². The molecule has 0 radical (unpaired) electrons. The van der Waals surface area contributed by atoms with Gasteiger partial charge >= 0.3 is 0 Å². The third kappa shape index (κ3) is 1.55. The molecule has 1 aliphatic rings. The number of hydrogen-bond donors (Lipinski definition) is 1. The Balaban J connectivity index is 2.57. The molecule has 1 N–H and O–H groups in total. The van der Waals surface area contributed by atoms with E-state index in [1.54, 1.807) is 7.11 Å². The molecule has 1 aliphatic heterocycles. The molecule has 0 saturated carbocycles. The average Bonchev–Trinajstić information content (AvgIpc) is 2.28. The van der Waals surface area contributed by atoms with Crippen molar-refractivity contribution >= 4 is 0 Å². The maximum Gasteiger partial charge on any atom is 0.107 e. The van der Waals surface area contributed by atoms with E-state index >= 15 is 0 Å². The van der Waals surface area contributed by atoms with E-state index in [2.05, 4.69) is 6.92 Å². The fourth-order valence-corrected chi connectivity index (χ4v) is 1.60. The SMILES string of the molecule is COC1C(CO)OC(C)C1C. The summed E-state index contributed by atoms with van der Waals surface area (Å²) in [5, 5.41) is 8.90. The highest BCUT2D eigenvalue weighted by molar-refractivity contribution is 4.86. The zero-order chi connectivity index (χ0) is 8.43. The minimum absolute atomic E-state index is 0.0488. The molecule has 1 rings (SSSR count).